The number of nitrogens with two attached hydrogens (primary N) is 1. The quantitative estimate of drug-likeness (QED) is 0.145. The van der Waals surface area contributed by atoms with Crippen molar-refractivity contribution in [2.75, 3.05) is 17.8 Å². The molecule has 0 aromatic rings. The van der Waals surface area contributed by atoms with Crippen LogP contribution in [0.25, 0.3) is 0 Å². The zero-order valence-corrected chi connectivity index (χ0v) is 19.5. The van der Waals surface area contributed by atoms with Crippen LogP contribution in [0.2, 0.25) is 0 Å². The molecule has 0 aliphatic rings. The van der Waals surface area contributed by atoms with Crippen LogP contribution in [-0.2, 0) is 24.0 Å². The van der Waals surface area contributed by atoms with Gasteiger partial charge in [-0.3, -0.25) is 19.2 Å². The molecule has 0 bridgehead atoms. The van der Waals surface area contributed by atoms with Crippen molar-refractivity contribution in [3.63, 3.8) is 0 Å². The highest BCUT2D eigenvalue weighted by atomic mass is 32.2. The lowest BCUT2D eigenvalue weighted by atomic mass is 10.0. The smallest absolute Gasteiger partial charge is 0.326 e. The van der Waals surface area contributed by atoms with Crippen molar-refractivity contribution in [2.45, 2.75) is 57.3 Å². The molecule has 0 spiro atoms. The van der Waals surface area contributed by atoms with Gasteiger partial charge in [0.2, 0.25) is 17.7 Å². The van der Waals surface area contributed by atoms with E-state index in [0.717, 1.165) is 0 Å². The van der Waals surface area contributed by atoms with Crippen LogP contribution in [0.5, 0.6) is 0 Å². The second-order valence-corrected chi connectivity index (χ2v) is 8.54. The van der Waals surface area contributed by atoms with Gasteiger partial charge in [-0.15, -0.1) is 0 Å². The Bertz CT molecular complexity index is 648. The van der Waals surface area contributed by atoms with Crippen LogP contribution in [0.1, 0.15) is 33.1 Å². The van der Waals surface area contributed by atoms with Gasteiger partial charge in [0.15, 0.2) is 0 Å². The topological polar surface area (TPSA) is 188 Å². The summed E-state index contributed by atoms with van der Waals surface area (Å²) in [6.07, 6.45) is 1.40. The van der Waals surface area contributed by atoms with Crippen LogP contribution in [0, 0.1) is 5.92 Å². The van der Waals surface area contributed by atoms with Crippen LogP contribution < -0.4 is 21.7 Å². The fraction of sp³-hybridized carbons (Fsp3) is 0.722. The highest BCUT2D eigenvalue weighted by molar-refractivity contribution is 7.98. The maximum Gasteiger partial charge on any atom is 0.326 e. The molecule has 0 aromatic heterocycles. The van der Waals surface area contributed by atoms with Crippen molar-refractivity contribution >= 4 is 54.1 Å². The SMILES string of the molecule is CSCCC(NC(=O)C(CCC(=O)O)NC(=O)C(N)CS)C(=O)NC(C(=O)O)C(C)C. The molecular weight excluding hydrogens is 448 g/mol. The number of thiol groups is 1. The number of nitrogens with one attached hydrogen (secondary N) is 3. The van der Waals surface area contributed by atoms with Gasteiger partial charge in [0.05, 0.1) is 6.04 Å². The molecule has 178 valence electrons. The summed E-state index contributed by atoms with van der Waals surface area (Å²) in [5.41, 5.74) is 5.59. The fourth-order valence-corrected chi connectivity index (χ4v) is 3.08. The van der Waals surface area contributed by atoms with E-state index in [4.69, 9.17) is 10.8 Å². The number of rotatable bonds is 15. The van der Waals surface area contributed by atoms with E-state index in [2.05, 4.69) is 28.6 Å². The van der Waals surface area contributed by atoms with Crippen molar-refractivity contribution in [1.82, 2.24) is 16.0 Å². The molecule has 31 heavy (non-hydrogen) atoms. The van der Waals surface area contributed by atoms with Gasteiger partial charge in [-0.2, -0.15) is 24.4 Å². The molecule has 4 atom stereocenters. The number of carbonyl (C=O) groups is 5. The lowest BCUT2D eigenvalue weighted by molar-refractivity contribution is -0.143. The zero-order valence-electron chi connectivity index (χ0n) is 17.8. The molecule has 0 saturated carbocycles. The summed E-state index contributed by atoms with van der Waals surface area (Å²) >= 11 is 5.34. The first-order chi connectivity index (χ1) is 14.4. The Hall–Kier alpha value is -1.99. The highest BCUT2D eigenvalue weighted by Gasteiger charge is 2.31. The van der Waals surface area contributed by atoms with Gasteiger partial charge in [-0.25, -0.2) is 4.79 Å². The van der Waals surface area contributed by atoms with E-state index in [-0.39, 0.29) is 24.5 Å². The molecule has 0 heterocycles. The number of carboxylic acids is 2. The Morgan fingerprint density at radius 2 is 1.45 bits per heavy atom. The normalized spacial score (nSPS) is 14.8. The van der Waals surface area contributed by atoms with Crippen LogP contribution in [0.3, 0.4) is 0 Å². The average molecular weight is 481 g/mol. The number of carbonyl (C=O) groups excluding carboxylic acids is 3. The summed E-state index contributed by atoms with van der Waals surface area (Å²) in [5, 5.41) is 25.5. The number of hydrogen-bond acceptors (Lipinski definition) is 8. The molecule has 0 aromatic carbocycles. The van der Waals surface area contributed by atoms with Crippen LogP contribution in [0.15, 0.2) is 0 Å². The zero-order chi connectivity index (χ0) is 24.1. The molecule has 13 heteroatoms. The Kier molecular flexibility index (Phi) is 14.0. The minimum absolute atomic E-state index is 0.0175. The van der Waals surface area contributed by atoms with Gasteiger partial charge in [0.25, 0.3) is 0 Å². The minimum Gasteiger partial charge on any atom is -0.481 e. The average Bonchev–Trinajstić information content (AvgIpc) is 2.70. The Morgan fingerprint density at radius 1 is 0.935 bits per heavy atom. The number of thioether (sulfide) groups is 1. The summed E-state index contributed by atoms with van der Waals surface area (Å²) in [4.78, 5) is 59.8. The molecule has 7 N–H and O–H groups in total. The summed E-state index contributed by atoms with van der Waals surface area (Å²) in [6, 6.07) is -4.44. The summed E-state index contributed by atoms with van der Waals surface area (Å²) < 4.78 is 0. The standard InChI is InChI=1S/C18H32N4O7S2/c1-9(2)14(18(28)29)22-17(27)12(6-7-31-3)21-16(26)11(4-5-13(23)24)20-15(25)10(19)8-30/h9-12,14,30H,4-8,19H2,1-3H3,(H,20,25)(H,21,26)(H,22,27)(H,23,24)(H,28,29). The van der Waals surface area contributed by atoms with Crippen molar-refractivity contribution < 1.29 is 34.2 Å². The molecule has 4 unspecified atom stereocenters. The van der Waals surface area contributed by atoms with Crippen molar-refractivity contribution in [2.24, 2.45) is 11.7 Å². The van der Waals surface area contributed by atoms with Gasteiger partial charge in [0, 0.05) is 12.2 Å². The van der Waals surface area contributed by atoms with Crippen LogP contribution in [0.4, 0.5) is 0 Å². The summed E-state index contributed by atoms with van der Waals surface area (Å²) in [6.45, 7) is 3.27. The highest BCUT2D eigenvalue weighted by Crippen LogP contribution is 2.07. The first kappa shape index (κ1) is 29.0. The van der Waals surface area contributed by atoms with Crippen molar-refractivity contribution in [3.05, 3.63) is 0 Å². The van der Waals surface area contributed by atoms with E-state index in [0.29, 0.717) is 5.75 Å². The first-order valence-electron chi connectivity index (χ1n) is 9.65. The van der Waals surface area contributed by atoms with Gasteiger partial charge in [0.1, 0.15) is 18.1 Å². The Balaban J connectivity index is 5.45. The fourth-order valence-electron chi connectivity index (χ4n) is 2.44. The van der Waals surface area contributed by atoms with E-state index in [1.807, 2.05) is 0 Å². The largest absolute Gasteiger partial charge is 0.481 e. The minimum atomic E-state index is -1.24. The van der Waals surface area contributed by atoms with E-state index in [1.54, 1.807) is 20.1 Å². The van der Waals surface area contributed by atoms with E-state index in [1.165, 1.54) is 11.8 Å². The van der Waals surface area contributed by atoms with Gasteiger partial charge in [-0.1, -0.05) is 13.8 Å². The molecule has 0 aliphatic carbocycles. The lowest BCUT2D eigenvalue weighted by Gasteiger charge is -2.25. The third kappa shape index (κ3) is 11.3. The summed E-state index contributed by atoms with van der Waals surface area (Å²) in [7, 11) is 0. The van der Waals surface area contributed by atoms with Gasteiger partial charge >= 0.3 is 11.9 Å². The van der Waals surface area contributed by atoms with E-state index < -0.39 is 60.2 Å². The number of amides is 3. The Morgan fingerprint density at radius 3 is 1.90 bits per heavy atom. The number of aliphatic carboxylic acids is 2. The monoisotopic (exact) mass is 480 g/mol. The Labute approximate surface area is 191 Å². The molecule has 11 nitrogen and oxygen atoms in total. The second kappa shape index (κ2) is 14.9. The third-order valence-electron chi connectivity index (χ3n) is 4.29. The van der Waals surface area contributed by atoms with E-state index in [9.17, 15) is 29.1 Å². The first-order valence-corrected chi connectivity index (χ1v) is 11.7. The molecule has 0 rings (SSSR count). The van der Waals surface area contributed by atoms with Crippen molar-refractivity contribution in [1.29, 1.82) is 0 Å². The maximum atomic E-state index is 12.8. The third-order valence-corrected chi connectivity index (χ3v) is 5.32. The maximum absolute atomic E-state index is 12.8. The van der Waals surface area contributed by atoms with Crippen LogP contribution in [-0.4, -0.2) is 81.8 Å². The van der Waals surface area contributed by atoms with Crippen LogP contribution >= 0.6 is 24.4 Å². The lowest BCUT2D eigenvalue weighted by Crippen LogP contribution is -2.58. The molecule has 0 aliphatic heterocycles. The predicted octanol–water partition coefficient (Wildman–Crippen LogP) is -0.944. The van der Waals surface area contributed by atoms with Crippen molar-refractivity contribution in [3.8, 4) is 0 Å². The summed E-state index contributed by atoms with van der Waals surface area (Å²) in [5.74, 6) is -4.37. The van der Waals surface area contributed by atoms with E-state index >= 15 is 0 Å². The molecule has 0 fully saturated rings. The molecular formula is C18H32N4O7S2. The molecule has 0 radical (unpaired) electrons. The molecule has 3 amide bonds. The number of hydrogen-bond donors (Lipinski definition) is 7. The predicted molar refractivity (Wildman–Crippen MR) is 120 cm³/mol. The van der Waals surface area contributed by atoms with Gasteiger partial charge < -0.3 is 31.9 Å². The second-order valence-electron chi connectivity index (χ2n) is 7.19. The molecule has 0 saturated heterocycles. The van der Waals surface area contributed by atoms with Gasteiger partial charge in [-0.05, 0) is 30.8 Å². The number of carboxylic acid groups (broad SMARTS) is 2.